The molecule has 1 saturated heterocycles. The molecular weight excluding hydrogens is 450 g/mol. The number of hydrogen-bond acceptors (Lipinski definition) is 6. The Morgan fingerprint density at radius 1 is 1.17 bits per heavy atom. The van der Waals surface area contributed by atoms with Gasteiger partial charge in [0.2, 0.25) is 0 Å². The summed E-state index contributed by atoms with van der Waals surface area (Å²) in [5.41, 5.74) is 0.169. The SMILES string of the molecule is CCCCn1c(=O)[nH]c(=O)c2c1nc(CN1CCN(c3ccc(Br)cn3)CC1)n2C. The zero-order valence-corrected chi connectivity index (χ0v) is 18.9. The van der Waals surface area contributed by atoms with Gasteiger partial charge in [0.05, 0.1) is 6.54 Å². The van der Waals surface area contributed by atoms with Crippen LogP contribution in [0.15, 0.2) is 32.4 Å². The van der Waals surface area contributed by atoms with Crippen molar-refractivity contribution in [2.24, 2.45) is 7.05 Å². The molecule has 0 unspecified atom stereocenters. The van der Waals surface area contributed by atoms with E-state index >= 15 is 0 Å². The highest BCUT2D eigenvalue weighted by atomic mass is 79.9. The molecule has 3 aromatic rings. The molecule has 4 heterocycles. The summed E-state index contributed by atoms with van der Waals surface area (Å²) in [5, 5.41) is 0. The van der Waals surface area contributed by atoms with Crippen LogP contribution >= 0.6 is 15.9 Å². The highest BCUT2D eigenvalue weighted by molar-refractivity contribution is 9.10. The van der Waals surface area contributed by atoms with Crippen LogP contribution in [0.1, 0.15) is 25.6 Å². The number of fused-ring (bicyclic) bond motifs is 1. The molecule has 0 amide bonds. The molecule has 1 aliphatic heterocycles. The number of H-pyrrole nitrogens is 1. The third-order valence-electron chi connectivity index (χ3n) is 5.61. The monoisotopic (exact) mass is 475 g/mol. The number of aromatic amines is 1. The van der Waals surface area contributed by atoms with Gasteiger partial charge in [0.25, 0.3) is 5.56 Å². The quantitative estimate of drug-likeness (QED) is 0.583. The van der Waals surface area contributed by atoms with Gasteiger partial charge in [-0.3, -0.25) is 19.2 Å². The van der Waals surface area contributed by atoms with E-state index in [0.29, 0.717) is 24.3 Å². The molecule has 160 valence electrons. The fourth-order valence-corrected chi connectivity index (χ4v) is 4.08. The zero-order chi connectivity index (χ0) is 21.3. The first-order chi connectivity index (χ1) is 14.5. The number of aromatic nitrogens is 5. The second kappa shape index (κ2) is 8.73. The van der Waals surface area contributed by atoms with E-state index in [0.717, 1.165) is 55.1 Å². The van der Waals surface area contributed by atoms with Gasteiger partial charge in [-0.05, 0) is 34.5 Å². The summed E-state index contributed by atoms with van der Waals surface area (Å²) in [4.78, 5) is 40.9. The lowest BCUT2D eigenvalue weighted by atomic mass is 10.3. The minimum absolute atomic E-state index is 0.380. The lowest BCUT2D eigenvalue weighted by Crippen LogP contribution is -2.46. The van der Waals surface area contributed by atoms with Crippen molar-refractivity contribution in [1.29, 1.82) is 0 Å². The molecule has 30 heavy (non-hydrogen) atoms. The van der Waals surface area contributed by atoms with Gasteiger partial charge in [0, 0.05) is 50.4 Å². The summed E-state index contributed by atoms with van der Waals surface area (Å²) in [6.45, 7) is 6.76. The van der Waals surface area contributed by atoms with Crippen LogP contribution in [0.5, 0.6) is 0 Å². The summed E-state index contributed by atoms with van der Waals surface area (Å²) in [6.07, 6.45) is 3.64. The largest absolute Gasteiger partial charge is 0.354 e. The van der Waals surface area contributed by atoms with E-state index in [4.69, 9.17) is 4.98 Å². The van der Waals surface area contributed by atoms with Gasteiger partial charge < -0.3 is 9.47 Å². The molecule has 3 aromatic heterocycles. The predicted molar refractivity (Wildman–Crippen MR) is 120 cm³/mol. The molecule has 10 heteroatoms. The number of nitrogens with zero attached hydrogens (tertiary/aromatic N) is 6. The number of unbranched alkanes of at least 4 members (excludes halogenated alkanes) is 1. The smallest absolute Gasteiger partial charge is 0.330 e. The van der Waals surface area contributed by atoms with Gasteiger partial charge in [-0.25, -0.2) is 14.8 Å². The minimum Gasteiger partial charge on any atom is -0.354 e. The molecule has 0 bridgehead atoms. The highest BCUT2D eigenvalue weighted by Gasteiger charge is 2.22. The molecule has 0 aromatic carbocycles. The second-order valence-electron chi connectivity index (χ2n) is 7.62. The van der Waals surface area contributed by atoms with E-state index in [1.165, 1.54) is 0 Å². The summed E-state index contributed by atoms with van der Waals surface area (Å²) < 4.78 is 4.37. The Hall–Kier alpha value is -2.46. The number of halogens is 1. The topological polar surface area (TPSA) is 92.0 Å². The molecule has 0 radical (unpaired) electrons. The Bertz CT molecular complexity index is 1140. The first kappa shape index (κ1) is 20.8. The van der Waals surface area contributed by atoms with Crippen molar-refractivity contribution in [1.82, 2.24) is 29.0 Å². The predicted octanol–water partition coefficient (Wildman–Crippen LogP) is 1.70. The van der Waals surface area contributed by atoms with Crippen LogP contribution in [0.3, 0.4) is 0 Å². The van der Waals surface area contributed by atoms with Crippen LogP contribution in [-0.4, -0.2) is 55.2 Å². The number of piperazine rings is 1. The van der Waals surface area contributed by atoms with Crippen LogP contribution in [0.25, 0.3) is 11.2 Å². The third-order valence-corrected chi connectivity index (χ3v) is 6.08. The maximum atomic E-state index is 12.4. The van der Waals surface area contributed by atoms with Crippen molar-refractivity contribution < 1.29 is 0 Å². The molecule has 0 atom stereocenters. The van der Waals surface area contributed by atoms with Crippen LogP contribution in [0.2, 0.25) is 0 Å². The van der Waals surface area contributed by atoms with Crippen molar-refractivity contribution in [3.8, 4) is 0 Å². The summed E-state index contributed by atoms with van der Waals surface area (Å²) in [5.74, 6) is 1.77. The van der Waals surface area contributed by atoms with Gasteiger partial charge in [-0.15, -0.1) is 0 Å². The van der Waals surface area contributed by atoms with Crippen LogP contribution in [-0.2, 0) is 20.1 Å². The lowest BCUT2D eigenvalue weighted by molar-refractivity contribution is 0.241. The van der Waals surface area contributed by atoms with Crippen LogP contribution in [0.4, 0.5) is 5.82 Å². The van der Waals surface area contributed by atoms with Gasteiger partial charge in [0.15, 0.2) is 11.2 Å². The standard InChI is InChI=1S/C20H26BrN7O2/c1-3-4-7-28-18-17(19(29)24-20(28)30)25(2)16(23-18)13-26-8-10-27(11-9-26)15-6-5-14(21)12-22-15/h5-6,12H,3-4,7-11,13H2,1-2H3,(H,24,29,30). The highest BCUT2D eigenvalue weighted by Crippen LogP contribution is 2.18. The molecule has 1 fully saturated rings. The van der Waals surface area contributed by atoms with Crippen LogP contribution < -0.4 is 16.1 Å². The molecule has 1 N–H and O–H groups in total. The molecular formula is C20H26BrN7O2. The van der Waals surface area contributed by atoms with Gasteiger partial charge in [-0.2, -0.15) is 0 Å². The van der Waals surface area contributed by atoms with Gasteiger partial charge in [-0.1, -0.05) is 13.3 Å². The third kappa shape index (κ3) is 4.06. The van der Waals surface area contributed by atoms with Crippen molar-refractivity contribution in [3.05, 3.63) is 49.5 Å². The number of nitrogens with one attached hydrogen (secondary N) is 1. The number of hydrogen-bond donors (Lipinski definition) is 1. The number of anilines is 1. The van der Waals surface area contributed by atoms with E-state index in [-0.39, 0.29) is 11.2 Å². The Kier molecular flexibility index (Phi) is 6.05. The number of rotatable bonds is 6. The number of imidazole rings is 1. The summed E-state index contributed by atoms with van der Waals surface area (Å²) >= 11 is 3.42. The van der Waals surface area contributed by atoms with Gasteiger partial charge in [0.1, 0.15) is 11.6 Å². The molecule has 1 aliphatic rings. The molecule has 4 rings (SSSR count). The van der Waals surface area contributed by atoms with Crippen molar-refractivity contribution in [2.75, 3.05) is 31.1 Å². The number of aryl methyl sites for hydroxylation is 2. The van der Waals surface area contributed by atoms with E-state index in [1.807, 2.05) is 29.9 Å². The first-order valence-corrected chi connectivity index (χ1v) is 11.0. The fourth-order valence-electron chi connectivity index (χ4n) is 3.85. The summed E-state index contributed by atoms with van der Waals surface area (Å²) in [7, 11) is 1.84. The lowest BCUT2D eigenvalue weighted by Gasteiger charge is -2.35. The molecule has 0 spiro atoms. The fraction of sp³-hybridized carbons (Fsp3) is 0.500. The maximum absolute atomic E-state index is 12.4. The Morgan fingerprint density at radius 2 is 1.93 bits per heavy atom. The number of pyridine rings is 1. The summed E-state index contributed by atoms with van der Waals surface area (Å²) in [6, 6.07) is 4.02. The van der Waals surface area contributed by atoms with Crippen molar-refractivity contribution in [2.45, 2.75) is 32.9 Å². The van der Waals surface area contributed by atoms with Gasteiger partial charge >= 0.3 is 5.69 Å². The van der Waals surface area contributed by atoms with E-state index in [1.54, 1.807) is 4.57 Å². The Morgan fingerprint density at radius 3 is 2.60 bits per heavy atom. The second-order valence-corrected chi connectivity index (χ2v) is 8.54. The van der Waals surface area contributed by atoms with E-state index in [9.17, 15) is 9.59 Å². The molecule has 0 aliphatic carbocycles. The Labute approximate surface area is 182 Å². The average molecular weight is 476 g/mol. The van der Waals surface area contributed by atoms with E-state index < -0.39 is 0 Å². The van der Waals surface area contributed by atoms with Crippen molar-refractivity contribution >= 4 is 32.9 Å². The Balaban J connectivity index is 1.52. The maximum Gasteiger partial charge on any atom is 0.330 e. The average Bonchev–Trinajstić information content (AvgIpc) is 3.05. The normalized spacial score (nSPS) is 15.2. The molecule has 9 nitrogen and oxygen atoms in total. The van der Waals surface area contributed by atoms with Crippen LogP contribution in [0, 0.1) is 0 Å². The van der Waals surface area contributed by atoms with Crippen molar-refractivity contribution in [3.63, 3.8) is 0 Å². The zero-order valence-electron chi connectivity index (χ0n) is 17.3. The first-order valence-electron chi connectivity index (χ1n) is 10.2. The minimum atomic E-state index is -0.388. The van der Waals surface area contributed by atoms with E-state index in [2.05, 4.69) is 42.6 Å². The molecule has 0 saturated carbocycles.